The Morgan fingerprint density at radius 3 is 1.37 bits per heavy atom. The molecule has 6 N–H and O–H groups in total. The molecule has 1 aliphatic rings. The maximum absolute atomic E-state index is 13.0. The van der Waals surface area contributed by atoms with Gasteiger partial charge in [-0.25, -0.2) is 0 Å². The van der Waals surface area contributed by atoms with E-state index in [2.05, 4.69) is 19.2 Å². The quantitative estimate of drug-likeness (QED) is 0.0264. The Morgan fingerprint density at radius 1 is 0.579 bits per heavy atom. The molecule has 338 valence electrons. The Kier molecular flexibility index (Phi) is 37.0. The molecule has 0 spiro atoms. The summed E-state index contributed by atoms with van der Waals surface area (Å²) < 4.78 is 11.2. The van der Waals surface area contributed by atoms with E-state index in [0.29, 0.717) is 6.42 Å². The minimum absolute atomic E-state index is 0.173. The van der Waals surface area contributed by atoms with Gasteiger partial charge < -0.3 is 40.3 Å². The van der Waals surface area contributed by atoms with Crippen molar-refractivity contribution < 1.29 is 39.8 Å². The summed E-state index contributed by atoms with van der Waals surface area (Å²) in [4.78, 5) is 13.0. The number of amides is 1. The van der Waals surface area contributed by atoms with Crippen molar-refractivity contribution in [1.82, 2.24) is 5.32 Å². The molecule has 2 unspecified atom stereocenters. The third-order valence-electron chi connectivity index (χ3n) is 11.9. The average Bonchev–Trinajstić information content (AvgIpc) is 3.21. The number of ether oxygens (including phenoxy) is 2. The van der Waals surface area contributed by atoms with Crippen LogP contribution in [0.5, 0.6) is 0 Å². The lowest BCUT2D eigenvalue weighted by Crippen LogP contribution is -2.60. The molecule has 0 bridgehead atoms. The van der Waals surface area contributed by atoms with Gasteiger partial charge in [0.1, 0.15) is 24.4 Å². The van der Waals surface area contributed by atoms with E-state index in [4.69, 9.17) is 9.47 Å². The molecule has 1 fully saturated rings. The third kappa shape index (κ3) is 29.7. The highest BCUT2D eigenvalue weighted by atomic mass is 16.7. The molecular formula is C48H93NO8. The summed E-state index contributed by atoms with van der Waals surface area (Å²) in [6, 6.07) is -0.798. The number of carbonyl (C=O) groups excluding carboxylic acids is 1. The number of rotatable bonds is 41. The van der Waals surface area contributed by atoms with Gasteiger partial charge >= 0.3 is 0 Å². The van der Waals surface area contributed by atoms with Crippen LogP contribution in [0.4, 0.5) is 0 Å². The van der Waals surface area contributed by atoms with Crippen LogP contribution in [0.15, 0.2) is 12.2 Å². The van der Waals surface area contributed by atoms with Crippen molar-refractivity contribution >= 4 is 5.91 Å². The molecule has 0 aromatic rings. The first kappa shape index (κ1) is 53.9. The van der Waals surface area contributed by atoms with Crippen molar-refractivity contribution in [3.8, 4) is 0 Å². The highest BCUT2D eigenvalue weighted by molar-refractivity contribution is 5.76. The summed E-state index contributed by atoms with van der Waals surface area (Å²) in [5, 5.41) is 54.2. The maximum atomic E-state index is 13.0. The van der Waals surface area contributed by atoms with E-state index in [9.17, 15) is 30.3 Å². The van der Waals surface area contributed by atoms with Crippen molar-refractivity contribution in [3.05, 3.63) is 12.2 Å². The van der Waals surface area contributed by atoms with Gasteiger partial charge in [-0.3, -0.25) is 4.79 Å². The second kappa shape index (κ2) is 39.1. The minimum Gasteiger partial charge on any atom is -0.394 e. The monoisotopic (exact) mass is 812 g/mol. The molecule has 9 nitrogen and oxygen atoms in total. The summed E-state index contributed by atoms with van der Waals surface area (Å²) >= 11 is 0. The smallest absolute Gasteiger partial charge is 0.220 e. The van der Waals surface area contributed by atoms with Crippen LogP contribution in [0.3, 0.4) is 0 Å². The van der Waals surface area contributed by atoms with Gasteiger partial charge in [0.05, 0.1) is 25.4 Å². The lowest BCUT2D eigenvalue weighted by atomic mass is 9.99. The molecule has 0 aromatic heterocycles. The Bertz CT molecular complexity index is 904. The van der Waals surface area contributed by atoms with E-state index in [0.717, 1.165) is 38.5 Å². The summed E-state index contributed by atoms with van der Waals surface area (Å²) in [5.74, 6) is -0.173. The molecule has 1 heterocycles. The normalized spacial score (nSPS) is 21.0. The van der Waals surface area contributed by atoms with Crippen molar-refractivity contribution in [2.24, 2.45) is 0 Å². The van der Waals surface area contributed by atoms with E-state index in [1.807, 2.05) is 6.08 Å². The standard InChI is InChI=1S/C48H93NO8/c1-3-5-7-9-11-13-15-17-18-19-20-21-22-23-24-26-28-30-32-34-36-38-44(52)49-41(40-56-48-47(55)46(54)45(53)43(39-50)57-48)42(51)37-35-33-31-29-27-25-16-14-12-10-8-6-4-2/h35,37,41-43,45-48,50-51,53-55H,3-34,36,38-40H2,1-2H3,(H,49,52)/b37-35+/t41?,42?,43-,45-,46+,47-,48+/m1/s1. The Morgan fingerprint density at radius 2 is 0.965 bits per heavy atom. The molecule has 1 rings (SSSR count). The van der Waals surface area contributed by atoms with Crippen LogP contribution >= 0.6 is 0 Å². The topological polar surface area (TPSA) is 149 Å². The van der Waals surface area contributed by atoms with E-state index in [-0.39, 0.29) is 12.5 Å². The van der Waals surface area contributed by atoms with Crippen LogP contribution in [0.1, 0.15) is 232 Å². The summed E-state index contributed by atoms with van der Waals surface area (Å²) in [6.07, 6.45) is 38.3. The van der Waals surface area contributed by atoms with Gasteiger partial charge in [0, 0.05) is 6.42 Å². The van der Waals surface area contributed by atoms with Crippen LogP contribution in [-0.4, -0.2) is 87.5 Å². The van der Waals surface area contributed by atoms with E-state index < -0.39 is 49.5 Å². The predicted molar refractivity (Wildman–Crippen MR) is 235 cm³/mol. The second-order valence-corrected chi connectivity index (χ2v) is 17.3. The Balaban J connectivity index is 2.27. The van der Waals surface area contributed by atoms with E-state index in [1.54, 1.807) is 6.08 Å². The van der Waals surface area contributed by atoms with Gasteiger partial charge in [0.2, 0.25) is 5.91 Å². The molecule has 0 radical (unpaired) electrons. The fourth-order valence-corrected chi connectivity index (χ4v) is 7.92. The van der Waals surface area contributed by atoms with E-state index >= 15 is 0 Å². The fourth-order valence-electron chi connectivity index (χ4n) is 7.92. The number of carbonyl (C=O) groups is 1. The average molecular weight is 812 g/mol. The number of unbranched alkanes of at least 4 members (excludes halogenated alkanes) is 31. The molecule has 0 aromatic carbocycles. The number of aliphatic hydroxyl groups is 5. The molecule has 57 heavy (non-hydrogen) atoms. The summed E-state index contributed by atoms with van der Waals surface area (Å²) in [6.45, 7) is 3.79. The zero-order valence-corrected chi connectivity index (χ0v) is 37.1. The predicted octanol–water partition coefficient (Wildman–Crippen LogP) is 10.5. The lowest BCUT2D eigenvalue weighted by Gasteiger charge is -2.40. The van der Waals surface area contributed by atoms with Gasteiger partial charge in [-0.15, -0.1) is 0 Å². The van der Waals surface area contributed by atoms with Crippen molar-refractivity contribution in [2.75, 3.05) is 13.2 Å². The van der Waals surface area contributed by atoms with Gasteiger partial charge in [-0.1, -0.05) is 219 Å². The molecule has 1 aliphatic heterocycles. The first-order chi connectivity index (χ1) is 27.8. The SMILES string of the molecule is CCCCCCCCCCCCC/C=C/C(O)C(CO[C@H]1O[C@H](CO)[C@@H](O)[C@H](O)[C@H]1O)NC(=O)CCCCCCCCCCCCCCCCCCCCCCC. The third-order valence-corrected chi connectivity index (χ3v) is 11.9. The zero-order chi connectivity index (χ0) is 41.6. The molecule has 1 saturated heterocycles. The highest BCUT2D eigenvalue weighted by Crippen LogP contribution is 2.23. The fraction of sp³-hybridized carbons (Fsp3) is 0.938. The first-order valence-electron chi connectivity index (χ1n) is 24.4. The zero-order valence-electron chi connectivity index (χ0n) is 37.1. The maximum Gasteiger partial charge on any atom is 0.220 e. The van der Waals surface area contributed by atoms with Gasteiger partial charge in [-0.05, 0) is 19.3 Å². The van der Waals surface area contributed by atoms with Crippen LogP contribution in [-0.2, 0) is 14.3 Å². The van der Waals surface area contributed by atoms with Crippen LogP contribution in [0.2, 0.25) is 0 Å². The Labute approximate surface area is 350 Å². The van der Waals surface area contributed by atoms with Crippen LogP contribution in [0.25, 0.3) is 0 Å². The van der Waals surface area contributed by atoms with Gasteiger partial charge in [0.25, 0.3) is 0 Å². The molecule has 1 amide bonds. The Hall–Kier alpha value is -1.07. The van der Waals surface area contributed by atoms with Crippen molar-refractivity contribution in [2.45, 2.75) is 275 Å². The second-order valence-electron chi connectivity index (χ2n) is 17.3. The lowest BCUT2D eigenvalue weighted by molar-refractivity contribution is -0.302. The largest absolute Gasteiger partial charge is 0.394 e. The number of nitrogens with one attached hydrogen (secondary N) is 1. The van der Waals surface area contributed by atoms with Gasteiger partial charge in [0.15, 0.2) is 6.29 Å². The molecule has 9 heteroatoms. The molecular weight excluding hydrogens is 719 g/mol. The van der Waals surface area contributed by atoms with Crippen LogP contribution in [0, 0.1) is 0 Å². The van der Waals surface area contributed by atoms with E-state index in [1.165, 1.54) is 173 Å². The number of aliphatic hydroxyl groups excluding tert-OH is 5. The molecule has 7 atom stereocenters. The number of hydrogen-bond donors (Lipinski definition) is 6. The molecule has 0 aliphatic carbocycles. The first-order valence-corrected chi connectivity index (χ1v) is 24.4. The van der Waals surface area contributed by atoms with Crippen LogP contribution < -0.4 is 5.32 Å². The van der Waals surface area contributed by atoms with Gasteiger partial charge in [-0.2, -0.15) is 0 Å². The number of hydrogen-bond acceptors (Lipinski definition) is 8. The molecule has 0 saturated carbocycles. The van der Waals surface area contributed by atoms with Crippen molar-refractivity contribution in [1.29, 1.82) is 0 Å². The highest BCUT2D eigenvalue weighted by Gasteiger charge is 2.44. The minimum atomic E-state index is -1.56. The van der Waals surface area contributed by atoms with Crippen molar-refractivity contribution in [3.63, 3.8) is 0 Å². The summed E-state index contributed by atoms with van der Waals surface area (Å²) in [7, 11) is 0. The summed E-state index contributed by atoms with van der Waals surface area (Å²) in [5.41, 5.74) is 0. The number of allylic oxidation sites excluding steroid dienone is 1.